The van der Waals surface area contributed by atoms with E-state index in [1.807, 2.05) is 0 Å². The molecule has 0 fully saturated rings. The zero-order valence-corrected chi connectivity index (χ0v) is 10.9. The SMILES string of the molecule is COc1cccc(C(=O)Cn2cc(Cl)c(C)n2)c1. The van der Waals surface area contributed by atoms with Gasteiger partial charge in [-0.2, -0.15) is 5.10 Å². The number of rotatable bonds is 4. The van der Waals surface area contributed by atoms with Gasteiger partial charge in [-0.25, -0.2) is 0 Å². The molecule has 0 saturated heterocycles. The normalized spacial score (nSPS) is 10.4. The molecule has 0 atom stereocenters. The number of carbonyl (C=O) groups is 1. The predicted octanol–water partition coefficient (Wildman–Crippen LogP) is 2.74. The standard InChI is InChI=1S/C13H13ClN2O2/c1-9-12(14)7-16(15-9)8-13(17)10-4-3-5-11(6-10)18-2/h3-7H,8H2,1-2H3. The Labute approximate surface area is 110 Å². The molecule has 2 rings (SSSR count). The van der Waals surface area contributed by atoms with Crippen molar-refractivity contribution in [2.75, 3.05) is 7.11 Å². The van der Waals surface area contributed by atoms with Crippen molar-refractivity contribution >= 4 is 17.4 Å². The van der Waals surface area contributed by atoms with E-state index in [0.717, 1.165) is 5.69 Å². The number of ketones is 1. The summed E-state index contributed by atoms with van der Waals surface area (Å²) in [6, 6.07) is 7.04. The van der Waals surface area contributed by atoms with Crippen molar-refractivity contribution in [3.63, 3.8) is 0 Å². The second-order valence-electron chi connectivity index (χ2n) is 3.92. The van der Waals surface area contributed by atoms with Crippen LogP contribution in [0, 0.1) is 6.92 Å². The minimum atomic E-state index is -0.0342. The van der Waals surface area contributed by atoms with Gasteiger partial charge in [0.25, 0.3) is 0 Å². The minimum Gasteiger partial charge on any atom is -0.497 e. The number of methoxy groups -OCH3 is 1. The molecule has 0 radical (unpaired) electrons. The molecule has 0 aliphatic carbocycles. The van der Waals surface area contributed by atoms with E-state index in [0.29, 0.717) is 16.3 Å². The van der Waals surface area contributed by atoms with Crippen LogP contribution in [0.3, 0.4) is 0 Å². The molecule has 1 heterocycles. The topological polar surface area (TPSA) is 44.1 Å². The summed E-state index contributed by atoms with van der Waals surface area (Å²) in [7, 11) is 1.57. The molecular weight excluding hydrogens is 252 g/mol. The van der Waals surface area contributed by atoms with Crippen LogP contribution in [0.5, 0.6) is 5.75 Å². The van der Waals surface area contributed by atoms with Crippen molar-refractivity contribution in [3.8, 4) is 5.75 Å². The lowest BCUT2D eigenvalue weighted by atomic mass is 10.1. The summed E-state index contributed by atoms with van der Waals surface area (Å²) in [6.45, 7) is 1.97. The minimum absolute atomic E-state index is 0.0342. The fourth-order valence-electron chi connectivity index (χ4n) is 1.61. The highest BCUT2D eigenvalue weighted by molar-refractivity contribution is 6.31. The first kappa shape index (κ1) is 12.6. The molecule has 1 aromatic carbocycles. The first-order valence-corrected chi connectivity index (χ1v) is 5.85. The Kier molecular flexibility index (Phi) is 3.67. The quantitative estimate of drug-likeness (QED) is 0.798. The highest BCUT2D eigenvalue weighted by Crippen LogP contribution is 2.15. The van der Waals surface area contributed by atoms with Crippen LogP contribution in [0.2, 0.25) is 5.02 Å². The molecule has 0 spiro atoms. The van der Waals surface area contributed by atoms with E-state index in [2.05, 4.69) is 5.10 Å². The summed E-state index contributed by atoms with van der Waals surface area (Å²) in [5.41, 5.74) is 1.31. The van der Waals surface area contributed by atoms with E-state index >= 15 is 0 Å². The molecule has 0 amide bonds. The highest BCUT2D eigenvalue weighted by Gasteiger charge is 2.10. The number of ether oxygens (including phenoxy) is 1. The molecule has 0 aliphatic heterocycles. The van der Waals surface area contributed by atoms with Gasteiger partial charge in [-0.1, -0.05) is 23.7 Å². The van der Waals surface area contributed by atoms with Crippen molar-refractivity contribution in [1.82, 2.24) is 9.78 Å². The third-order valence-corrected chi connectivity index (χ3v) is 2.95. The van der Waals surface area contributed by atoms with Gasteiger partial charge in [0, 0.05) is 11.8 Å². The first-order valence-electron chi connectivity index (χ1n) is 5.47. The van der Waals surface area contributed by atoms with Crippen LogP contribution in [0.25, 0.3) is 0 Å². The second-order valence-corrected chi connectivity index (χ2v) is 4.32. The molecular formula is C13H13ClN2O2. The van der Waals surface area contributed by atoms with Gasteiger partial charge >= 0.3 is 0 Å². The number of aromatic nitrogens is 2. The number of hydrogen-bond donors (Lipinski definition) is 0. The molecule has 0 aliphatic rings. The zero-order valence-electron chi connectivity index (χ0n) is 10.2. The summed E-state index contributed by atoms with van der Waals surface area (Å²) in [5.74, 6) is 0.628. The number of halogens is 1. The van der Waals surface area contributed by atoms with Crippen molar-refractivity contribution < 1.29 is 9.53 Å². The molecule has 0 unspecified atom stereocenters. The number of benzene rings is 1. The fraction of sp³-hybridized carbons (Fsp3) is 0.231. The summed E-state index contributed by atoms with van der Waals surface area (Å²) < 4.78 is 6.62. The molecule has 5 heteroatoms. The summed E-state index contributed by atoms with van der Waals surface area (Å²) in [5, 5.41) is 4.71. The molecule has 0 bridgehead atoms. The Morgan fingerprint density at radius 3 is 2.89 bits per heavy atom. The van der Waals surface area contributed by atoms with Crippen molar-refractivity contribution in [2.45, 2.75) is 13.5 Å². The van der Waals surface area contributed by atoms with Crippen LogP contribution < -0.4 is 4.74 Å². The molecule has 1 aromatic heterocycles. The number of nitrogens with zero attached hydrogens (tertiary/aromatic N) is 2. The van der Waals surface area contributed by atoms with Crippen molar-refractivity contribution in [1.29, 1.82) is 0 Å². The lowest BCUT2D eigenvalue weighted by molar-refractivity contribution is 0.0967. The zero-order chi connectivity index (χ0) is 13.1. The Balaban J connectivity index is 2.16. The smallest absolute Gasteiger partial charge is 0.184 e. The molecule has 18 heavy (non-hydrogen) atoms. The van der Waals surface area contributed by atoms with E-state index < -0.39 is 0 Å². The monoisotopic (exact) mass is 264 g/mol. The van der Waals surface area contributed by atoms with Gasteiger partial charge < -0.3 is 4.74 Å². The largest absolute Gasteiger partial charge is 0.497 e. The molecule has 0 saturated carbocycles. The number of hydrogen-bond acceptors (Lipinski definition) is 3. The maximum absolute atomic E-state index is 12.0. The third-order valence-electron chi connectivity index (χ3n) is 2.58. The van der Waals surface area contributed by atoms with E-state index in [1.54, 1.807) is 49.2 Å². The van der Waals surface area contributed by atoms with Gasteiger partial charge in [-0.15, -0.1) is 0 Å². The lowest BCUT2D eigenvalue weighted by Gasteiger charge is -2.04. The van der Waals surface area contributed by atoms with E-state index in [1.165, 1.54) is 0 Å². The average Bonchev–Trinajstić information content (AvgIpc) is 2.68. The van der Waals surface area contributed by atoms with Gasteiger partial charge in [-0.05, 0) is 19.1 Å². The summed E-state index contributed by atoms with van der Waals surface area (Å²) >= 11 is 5.89. The van der Waals surface area contributed by atoms with Gasteiger partial charge in [0.05, 0.1) is 17.8 Å². The summed E-state index contributed by atoms with van der Waals surface area (Å²) in [4.78, 5) is 12.0. The van der Waals surface area contributed by atoms with Crippen LogP contribution in [-0.4, -0.2) is 22.7 Å². The van der Waals surface area contributed by atoms with Gasteiger partial charge in [-0.3, -0.25) is 9.48 Å². The van der Waals surface area contributed by atoms with E-state index in [9.17, 15) is 4.79 Å². The maximum Gasteiger partial charge on any atom is 0.184 e. The molecule has 4 nitrogen and oxygen atoms in total. The van der Waals surface area contributed by atoms with Crippen LogP contribution in [0.15, 0.2) is 30.5 Å². The van der Waals surface area contributed by atoms with Crippen LogP contribution in [0.4, 0.5) is 0 Å². The number of Topliss-reactive ketones (excluding diaryl/α,β-unsaturated/α-hetero) is 1. The van der Waals surface area contributed by atoms with Gasteiger partial charge in [0.15, 0.2) is 5.78 Å². The Morgan fingerprint density at radius 1 is 1.50 bits per heavy atom. The lowest BCUT2D eigenvalue weighted by Crippen LogP contribution is -2.11. The summed E-state index contributed by atoms with van der Waals surface area (Å²) in [6.07, 6.45) is 1.65. The predicted molar refractivity (Wildman–Crippen MR) is 69.3 cm³/mol. The van der Waals surface area contributed by atoms with Crippen LogP contribution >= 0.6 is 11.6 Å². The van der Waals surface area contributed by atoms with E-state index in [-0.39, 0.29) is 12.3 Å². The molecule has 94 valence electrons. The first-order chi connectivity index (χ1) is 8.60. The van der Waals surface area contributed by atoms with Crippen LogP contribution in [-0.2, 0) is 6.54 Å². The average molecular weight is 265 g/mol. The Hall–Kier alpha value is -1.81. The van der Waals surface area contributed by atoms with Crippen molar-refractivity contribution in [2.24, 2.45) is 0 Å². The van der Waals surface area contributed by atoms with E-state index in [4.69, 9.17) is 16.3 Å². The third kappa shape index (κ3) is 2.71. The maximum atomic E-state index is 12.0. The second kappa shape index (κ2) is 5.23. The number of aryl methyl sites for hydroxylation is 1. The van der Waals surface area contributed by atoms with Crippen LogP contribution in [0.1, 0.15) is 16.1 Å². The highest BCUT2D eigenvalue weighted by atomic mass is 35.5. The molecule has 2 aromatic rings. The van der Waals surface area contributed by atoms with Gasteiger partial charge in [0.2, 0.25) is 0 Å². The fourth-order valence-corrected chi connectivity index (χ4v) is 1.76. The Morgan fingerprint density at radius 2 is 2.28 bits per heavy atom. The number of carbonyl (C=O) groups excluding carboxylic acids is 1. The van der Waals surface area contributed by atoms with Gasteiger partial charge in [0.1, 0.15) is 12.3 Å². The molecule has 0 N–H and O–H groups in total. The van der Waals surface area contributed by atoms with Crippen molar-refractivity contribution in [3.05, 3.63) is 46.7 Å². The Bertz CT molecular complexity index is 559.